The van der Waals surface area contributed by atoms with E-state index in [0.717, 1.165) is 31.3 Å². The van der Waals surface area contributed by atoms with Crippen LogP contribution in [0.5, 0.6) is 0 Å². The van der Waals surface area contributed by atoms with Gasteiger partial charge in [0.05, 0.1) is 0 Å². The summed E-state index contributed by atoms with van der Waals surface area (Å²) in [5.41, 5.74) is 3.78. The molecule has 0 radical (unpaired) electrons. The maximum Gasteiger partial charge on any atom is 0.326 e. The van der Waals surface area contributed by atoms with E-state index < -0.39 is 49.2 Å². The standard InChI is InChI=1S/C34H60N3O7PS/c1-23(2)13-11-14-26(7)15-12-16-27(8)17-20-45(43,44-9)21-18-29(38)36-30(24(3)4)33(40)37-31(25(5)6)32(39)35-28(34(41)42)19-22-46-10/h13,15,17,24-25,28,30-31H,11-12,14,16,18-22H2,1-10H3,(H,35,39)(H,36,38)(H,37,40)(H,41,42)/b26-15+,27-17+/t28-,30-,31-,45?/m0/s1. The van der Waals surface area contributed by atoms with Crippen molar-refractivity contribution in [3.63, 3.8) is 0 Å². The van der Waals surface area contributed by atoms with E-state index in [1.165, 1.54) is 30.0 Å². The molecule has 0 saturated carbocycles. The first kappa shape index (κ1) is 43.6. The van der Waals surface area contributed by atoms with Crippen LogP contribution < -0.4 is 16.0 Å². The van der Waals surface area contributed by atoms with Crippen molar-refractivity contribution in [3.05, 3.63) is 34.9 Å². The van der Waals surface area contributed by atoms with Crippen LogP contribution in [0.1, 0.15) is 93.9 Å². The predicted molar refractivity (Wildman–Crippen MR) is 190 cm³/mol. The van der Waals surface area contributed by atoms with Gasteiger partial charge in [-0.25, -0.2) is 4.79 Å². The average molecular weight is 686 g/mol. The van der Waals surface area contributed by atoms with Gasteiger partial charge in [-0.05, 0) is 83.6 Å². The molecule has 1 unspecified atom stereocenters. The monoisotopic (exact) mass is 685 g/mol. The molecule has 0 heterocycles. The van der Waals surface area contributed by atoms with E-state index in [1.54, 1.807) is 27.7 Å². The molecule has 0 aromatic carbocycles. The Balaban J connectivity index is 5.21. The van der Waals surface area contributed by atoms with Crippen LogP contribution in [0.4, 0.5) is 0 Å². The Hall–Kier alpha value is -2.36. The van der Waals surface area contributed by atoms with Crippen LogP contribution in [0.3, 0.4) is 0 Å². The molecule has 0 aromatic heterocycles. The van der Waals surface area contributed by atoms with Crippen LogP contribution in [-0.2, 0) is 28.3 Å². The summed E-state index contributed by atoms with van der Waals surface area (Å²) in [4.78, 5) is 50.8. The first-order valence-electron chi connectivity index (χ1n) is 16.2. The Labute approximate surface area is 281 Å². The lowest BCUT2D eigenvalue weighted by molar-refractivity contribution is -0.142. The van der Waals surface area contributed by atoms with Crippen molar-refractivity contribution in [1.29, 1.82) is 0 Å². The van der Waals surface area contributed by atoms with Gasteiger partial charge >= 0.3 is 5.97 Å². The third-order valence-electron chi connectivity index (χ3n) is 7.59. The van der Waals surface area contributed by atoms with Crippen molar-refractivity contribution in [3.8, 4) is 0 Å². The number of aliphatic carboxylic acids is 1. The second kappa shape index (κ2) is 23.0. The van der Waals surface area contributed by atoms with Crippen LogP contribution >= 0.6 is 19.1 Å². The van der Waals surface area contributed by atoms with Crippen molar-refractivity contribution < 1.29 is 33.4 Å². The summed E-state index contributed by atoms with van der Waals surface area (Å²) in [6.07, 6.45) is 12.5. The van der Waals surface area contributed by atoms with E-state index in [-0.39, 0.29) is 37.0 Å². The van der Waals surface area contributed by atoms with E-state index in [4.69, 9.17) is 4.52 Å². The van der Waals surface area contributed by atoms with E-state index in [9.17, 15) is 28.8 Å². The molecule has 0 spiro atoms. The van der Waals surface area contributed by atoms with Gasteiger partial charge in [0.15, 0.2) is 0 Å². The minimum Gasteiger partial charge on any atom is -0.480 e. The lowest BCUT2D eigenvalue weighted by atomic mass is 9.99. The zero-order valence-electron chi connectivity index (χ0n) is 29.7. The number of amides is 3. The van der Waals surface area contributed by atoms with Crippen LogP contribution in [0, 0.1) is 11.8 Å². The van der Waals surface area contributed by atoms with E-state index in [2.05, 4.69) is 48.9 Å². The number of nitrogens with one attached hydrogen (secondary N) is 3. The topological polar surface area (TPSA) is 151 Å². The lowest BCUT2D eigenvalue weighted by Gasteiger charge is -2.28. The molecule has 0 aliphatic heterocycles. The number of hydrogen-bond acceptors (Lipinski definition) is 7. The molecule has 0 fully saturated rings. The zero-order chi connectivity index (χ0) is 35.4. The molecule has 0 aliphatic rings. The second-order valence-electron chi connectivity index (χ2n) is 12.8. The van der Waals surface area contributed by atoms with E-state index in [1.807, 2.05) is 19.3 Å². The number of rotatable bonds is 23. The Morgan fingerprint density at radius 2 is 1.33 bits per heavy atom. The zero-order valence-corrected chi connectivity index (χ0v) is 31.4. The molecule has 0 aromatic rings. The second-order valence-corrected chi connectivity index (χ2v) is 16.6. The summed E-state index contributed by atoms with van der Waals surface area (Å²) < 4.78 is 18.7. The molecule has 46 heavy (non-hydrogen) atoms. The van der Waals surface area contributed by atoms with Crippen LogP contribution in [-0.4, -0.2) is 78.4 Å². The first-order chi connectivity index (χ1) is 21.5. The summed E-state index contributed by atoms with van der Waals surface area (Å²) in [5, 5.41) is 17.4. The maximum absolute atomic E-state index is 13.4. The van der Waals surface area contributed by atoms with E-state index >= 15 is 0 Å². The number of carboxylic acid groups (broad SMARTS) is 1. The Morgan fingerprint density at radius 1 is 0.804 bits per heavy atom. The molecule has 4 N–H and O–H groups in total. The van der Waals surface area contributed by atoms with Crippen molar-refractivity contribution in [2.24, 2.45) is 11.8 Å². The Morgan fingerprint density at radius 3 is 1.83 bits per heavy atom. The highest BCUT2D eigenvalue weighted by molar-refractivity contribution is 7.98. The van der Waals surface area contributed by atoms with Gasteiger partial charge in [-0.3, -0.25) is 18.9 Å². The Bertz CT molecular complexity index is 1130. The molecule has 264 valence electrons. The fraction of sp³-hybridized carbons (Fsp3) is 0.706. The maximum atomic E-state index is 13.4. The number of allylic oxidation sites excluding steroid dienone is 6. The highest BCUT2D eigenvalue weighted by atomic mass is 32.2. The molecular formula is C34H60N3O7PS. The van der Waals surface area contributed by atoms with E-state index in [0.29, 0.717) is 5.75 Å². The van der Waals surface area contributed by atoms with Crippen molar-refractivity contribution in [1.82, 2.24) is 16.0 Å². The van der Waals surface area contributed by atoms with Gasteiger partial charge in [-0.2, -0.15) is 11.8 Å². The van der Waals surface area contributed by atoms with Gasteiger partial charge in [-0.15, -0.1) is 0 Å². The van der Waals surface area contributed by atoms with Crippen molar-refractivity contribution in [2.75, 3.05) is 31.4 Å². The number of thioether (sulfide) groups is 1. The normalized spacial score (nSPS) is 15.5. The van der Waals surface area contributed by atoms with Gasteiger partial charge in [0.2, 0.25) is 25.1 Å². The predicted octanol–water partition coefficient (Wildman–Crippen LogP) is 6.32. The van der Waals surface area contributed by atoms with Gasteiger partial charge < -0.3 is 25.6 Å². The van der Waals surface area contributed by atoms with Crippen molar-refractivity contribution in [2.45, 2.75) is 112 Å². The first-order valence-corrected chi connectivity index (χ1v) is 19.5. The number of carboxylic acids is 1. The molecule has 0 bridgehead atoms. The smallest absolute Gasteiger partial charge is 0.326 e. The largest absolute Gasteiger partial charge is 0.480 e. The molecule has 3 amide bonds. The molecule has 12 heteroatoms. The third kappa shape index (κ3) is 18.7. The summed E-state index contributed by atoms with van der Waals surface area (Å²) in [7, 11) is -1.73. The van der Waals surface area contributed by atoms with Gasteiger partial charge in [0, 0.05) is 25.9 Å². The van der Waals surface area contributed by atoms with Gasteiger partial charge in [-0.1, -0.05) is 62.6 Å². The molecule has 10 nitrogen and oxygen atoms in total. The van der Waals surface area contributed by atoms with Crippen LogP contribution in [0.15, 0.2) is 34.9 Å². The summed E-state index contributed by atoms with van der Waals surface area (Å²) in [6, 6.07) is -3.01. The average Bonchev–Trinajstić information content (AvgIpc) is 2.97. The molecular weight excluding hydrogens is 625 g/mol. The number of carbonyl (C=O) groups excluding carboxylic acids is 3. The van der Waals surface area contributed by atoms with Gasteiger partial charge in [0.1, 0.15) is 18.1 Å². The third-order valence-corrected chi connectivity index (χ3v) is 10.5. The molecule has 0 rings (SSSR count). The summed E-state index contributed by atoms with van der Waals surface area (Å²) in [6.45, 7) is 15.4. The molecule has 4 atom stereocenters. The highest BCUT2D eigenvalue weighted by Crippen LogP contribution is 2.46. The number of hydrogen-bond donors (Lipinski definition) is 4. The summed E-state index contributed by atoms with van der Waals surface area (Å²) in [5.74, 6) is -2.83. The fourth-order valence-corrected chi connectivity index (χ4v) is 6.60. The van der Waals surface area contributed by atoms with Crippen LogP contribution in [0.25, 0.3) is 0 Å². The minimum atomic E-state index is -3.12. The quantitative estimate of drug-likeness (QED) is 0.0721. The van der Waals surface area contributed by atoms with Crippen LogP contribution in [0.2, 0.25) is 0 Å². The van der Waals surface area contributed by atoms with Crippen molar-refractivity contribution >= 4 is 42.8 Å². The molecule has 0 saturated heterocycles. The Kier molecular flexibility index (Phi) is 21.9. The fourth-order valence-electron chi connectivity index (χ4n) is 4.48. The van der Waals surface area contributed by atoms with Gasteiger partial charge in [0.25, 0.3) is 0 Å². The molecule has 0 aliphatic carbocycles. The minimum absolute atomic E-state index is 0.0264. The summed E-state index contributed by atoms with van der Waals surface area (Å²) >= 11 is 1.47. The number of carbonyl (C=O) groups is 4. The highest BCUT2D eigenvalue weighted by Gasteiger charge is 2.32. The SMILES string of the molecule is COP(=O)(C/C=C(\C)CC/C=C(\C)CCC=C(C)C)CCC(=O)N[C@H](C(=O)N[C@H](C(=O)N[C@@H](CCSC)C(=O)O)C(C)C)C(C)C. The lowest BCUT2D eigenvalue weighted by Crippen LogP contribution is -2.58.